The third-order valence-electron chi connectivity index (χ3n) is 5.17. The molecule has 3 amide bonds. The first-order chi connectivity index (χ1) is 16.7. The summed E-state index contributed by atoms with van der Waals surface area (Å²) in [6.45, 7) is 1.46. The molecule has 3 aromatic rings. The van der Waals surface area contributed by atoms with Crippen LogP contribution in [-0.4, -0.2) is 23.5 Å². The summed E-state index contributed by atoms with van der Waals surface area (Å²) >= 11 is 18.3. The molecule has 1 heterocycles. The maximum atomic E-state index is 13.0. The van der Waals surface area contributed by atoms with Crippen LogP contribution in [0.1, 0.15) is 27.6 Å². The molecule has 0 saturated heterocycles. The topological polar surface area (TPSA) is 95.6 Å². The number of anilines is 3. The van der Waals surface area contributed by atoms with Crippen molar-refractivity contribution in [2.24, 2.45) is 0 Å². The molecule has 4 rings (SSSR count). The van der Waals surface area contributed by atoms with E-state index >= 15 is 0 Å². The van der Waals surface area contributed by atoms with Crippen LogP contribution in [0, 0.1) is 0 Å². The Morgan fingerprint density at radius 1 is 0.771 bits per heavy atom. The van der Waals surface area contributed by atoms with Gasteiger partial charge in [0, 0.05) is 22.5 Å². The number of hydrogen-bond acceptors (Lipinski definition) is 5. The SMILES string of the molecule is CC(=O)c1ccc(NC(=O)c2ccc(NC3=C(Cl)C(=O)N(c4cccc(Cl)c4Cl)C3=O)cc2)cc1. The molecule has 176 valence electrons. The van der Waals surface area contributed by atoms with E-state index in [2.05, 4.69) is 10.6 Å². The standard InChI is InChI=1S/C25H16Cl3N3O4/c1-13(32)14-5-9-17(10-6-14)30-23(33)15-7-11-16(12-8-15)29-22-21(28)24(34)31(25(22)35)19-4-2-3-18(26)20(19)27/h2-12,29H,1H3,(H,30,33). The van der Waals surface area contributed by atoms with Gasteiger partial charge < -0.3 is 10.6 Å². The Hall–Kier alpha value is -3.65. The van der Waals surface area contributed by atoms with Gasteiger partial charge in [-0.25, -0.2) is 4.90 Å². The second-order valence-corrected chi connectivity index (χ2v) is 8.66. The summed E-state index contributed by atoms with van der Waals surface area (Å²) < 4.78 is 0. The maximum Gasteiger partial charge on any atom is 0.283 e. The number of amides is 3. The number of rotatable bonds is 6. The largest absolute Gasteiger partial charge is 0.350 e. The Balaban J connectivity index is 1.47. The van der Waals surface area contributed by atoms with Gasteiger partial charge in [-0.05, 0) is 67.6 Å². The molecule has 35 heavy (non-hydrogen) atoms. The van der Waals surface area contributed by atoms with Crippen LogP contribution in [0.25, 0.3) is 0 Å². The molecule has 0 spiro atoms. The predicted molar refractivity (Wildman–Crippen MR) is 136 cm³/mol. The number of nitrogens with one attached hydrogen (secondary N) is 2. The van der Waals surface area contributed by atoms with Gasteiger partial charge in [0.1, 0.15) is 10.7 Å². The van der Waals surface area contributed by atoms with Gasteiger partial charge in [0.25, 0.3) is 17.7 Å². The summed E-state index contributed by atoms with van der Waals surface area (Å²) in [5.41, 5.74) is 1.85. The fourth-order valence-corrected chi connectivity index (χ4v) is 3.93. The normalized spacial score (nSPS) is 13.3. The van der Waals surface area contributed by atoms with Crippen LogP contribution in [-0.2, 0) is 9.59 Å². The molecule has 0 bridgehead atoms. The second kappa shape index (κ2) is 9.92. The fraction of sp³-hybridized carbons (Fsp3) is 0.0400. The van der Waals surface area contributed by atoms with Crippen molar-refractivity contribution in [1.82, 2.24) is 0 Å². The first-order valence-electron chi connectivity index (χ1n) is 10.2. The molecule has 0 radical (unpaired) electrons. The van der Waals surface area contributed by atoms with Crippen molar-refractivity contribution in [3.8, 4) is 0 Å². The van der Waals surface area contributed by atoms with Gasteiger partial charge in [0.2, 0.25) is 0 Å². The number of hydrogen-bond donors (Lipinski definition) is 2. The van der Waals surface area contributed by atoms with E-state index in [1.54, 1.807) is 54.6 Å². The number of Topliss-reactive ketones (excluding diaryl/α,β-unsaturated/α-hetero) is 1. The minimum Gasteiger partial charge on any atom is -0.350 e. The van der Waals surface area contributed by atoms with Gasteiger partial charge in [0.15, 0.2) is 5.78 Å². The van der Waals surface area contributed by atoms with Gasteiger partial charge in [-0.15, -0.1) is 0 Å². The highest BCUT2D eigenvalue weighted by Crippen LogP contribution is 2.37. The minimum atomic E-state index is -0.741. The van der Waals surface area contributed by atoms with E-state index in [0.29, 0.717) is 22.5 Å². The summed E-state index contributed by atoms with van der Waals surface area (Å²) in [5.74, 6) is -1.87. The number of benzene rings is 3. The summed E-state index contributed by atoms with van der Waals surface area (Å²) in [7, 11) is 0. The molecule has 0 aliphatic carbocycles. The van der Waals surface area contributed by atoms with E-state index in [1.807, 2.05) is 0 Å². The van der Waals surface area contributed by atoms with E-state index in [-0.39, 0.29) is 38.2 Å². The first kappa shape index (κ1) is 24.5. The van der Waals surface area contributed by atoms with Crippen molar-refractivity contribution in [3.63, 3.8) is 0 Å². The predicted octanol–water partition coefficient (Wildman–Crippen LogP) is 5.88. The lowest BCUT2D eigenvalue weighted by molar-refractivity contribution is -0.120. The Kier molecular flexibility index (Phi) is 6.93. The van der Waals surface area contributed by atoms with Crippen molar-refractivity contribution in [2.75, 3.05) is 15.5 Å². The van der Waals surface area contributed by atoms with Crippen molar-refractivity contribution in [2.45, 2.75) is 6.92 Å². The molecule has 0 fully saturated rings. The second-order valence-electron chi connectivity index (χ2n) is 7.50. The van der Waals surface area contributed by atoms with Crippen LogP contribution in [0.15, 0.2) is 77.5 Å². The first-order valence-corrected chi connectivity index (χ1v) is 11.3. The quantitative estimate of drug-likeness (QED) is 0.307. The molecule has 1 aliphatic heterocycles. The molecule has 0 saturated carbocycles. The molecule has 1 aliphatic rings. The molecule has 10 heteroatoms. The van der Waals surface area contributed by atoms with Crippen LogP contribution >= 0.6 is 34.8 Å². The van der Waals surface area contributed by atoms with Crippen molar-refractivity contribution >= 4 is 75.4 Å². The number of nitrogens with zero attached hydrogens (tertiary/aromatic N) is 1. The Morgan fingerprint density at radius 3 is 2.00 bits per heavy atom. The van der Waals surface area contributed by atoms with Crippen LogP contribution in [0.4, 0.5) is 17.1 Å². The molecule has 2 N–H and O–H groups in total. The van der Waals surface area contributed by atoms with Crippen LogP contribution in [0.5, 0.6) is 0 Å². The molecule has 0 atom stereocenters. The fourth-order valence-electron chi connectivity index (χ4n) is 3.34. The molecular weight excluding hydrogens is 513 g/mol. The van der Waals surface area contributed by atoms with Gasteiger partial charge in [-0.2, -0.15) is 0 Å². The molecule has 0 unspecified atom stereocenters. The van der Waals surface area contributed by atoms with Crippen LogP contribution in [0.2, 0.25) is 10.0 Å². The number of carbonyl (C=O) groups is 4. The zero-order valence-corrected chi connectivity index (χ0v) is 20.3. The van der Waals surface area contributed by atoms with E-state index in [1.165, 1.54) is 19.1 Å². The van der Waals surface area contributed by atoms with E-state index in [9.17, 15) is 19.2 Å². The van der Waals surface area contributed by atoms with Crippen molar-refractivity contribution in [3.05, 3.63) is 98.6 Å². The Bertz CT molecular complexity index is 1400. The van der Waals surface area contributed by atoms with E-state index < -0.39 is 11.8 Å². The third kappa shape index (κ3) is 4.93. The third-order valence-corrected chi connectivity index (χ3v) is 6.32. The highest BCUT2D eigenvalue weighted by molar-refractivity contribution is 6.54. The lowest BCUT2D eigenvalue weighted by atomic mass is 10.1. The van der Waals surface area contributed by atoms with Gasteiger partial charge in [-0.1, -0.05) is 40.9 Å². The number of carbonyl (C=O) groups excluding carboxylic acids is 4. The number of halogens is 3. The average Bonchev–Trinajstić information content (AvgIpc) is 3.05. The van der Waals surface area contributed by atoms with E-state index in [4.69, 9.17) is 34.8 Å². The lowest BCUT2D eigenvalue weighted by Crippen LogP contribution is -2.32. The number of imide groups is 1. The highest BCUT2D eigenvalue weighted by atomic mass is 35.5. The molecule has 0 aromatic heterocycles. The van der Waals surface area contributed by atoms with Gasteiger partial charge in [-0.3, -0.25) is 19.2 Å². The van der Waals surface area contributed by atoms with Crippen molar-refractivity contribution in [1.29, 1.82) is 0 Å². The highest BCUT2D eigenvalue weighted by Gasteiger charge is 2.40. The summed E-state index contributed by atoms with van der Waals surface area (Å²) in [4.78, 5) is 50.4. The number of ketones is 1. The Morgan fingerprint density at radius 2 is 1.37 bits per heavy atom. The molecular formula is C25H16Cl3N3O4. The maximum absolute atomic E-state index is 13.0. The summed E-state index contributed by atoms with van der Waals surface area (Å²) in [6, 6.07) is 17.3. The zero-order chi connectivity index (χ0) is 25.3. The summed E-state index contributed by atoms with van der Waals surface area (Å²) in [5, 5.41) is 5.51. The molecule has 7 nitrogen and oxygen atoms in total. The van der Waals surface area contributed by atoms with Crippen LogP contribution in [0.3, 0.4) is 0 Å². The monoisotopic (exact) mass is 527 g/mol. The van der Waals surface area contributed by atoms with E-state index in [0.717, 1.165) is 4.90 Å². The van der Waals surface area contributed by atoms with Gasteiger partial charge >= 0.3 is 0 Å². The van der Waals surface area contributed by atoms with Crippen LogP contribution < -0.4 is 15.5 Å². The smallest absolute Gasteiger partial charge is 0.283 e. The van der Waals surface area contributed by atoms with Gasteiger partial charge in [0.05, 0.1) is 15.7 Å². The lowest BCUT2D eigenvalue weighted by Gasteiger charge is -2.17. The summed E-state index contributed by atoms with van der Waals surface area (Å²) in [6.07, 6.45) is 0. The van der Waals surface area contributed by atoms with Crippen molar-refractivity contribution < 1.29 is 19.2 Å². The minimum absolute atomic E-state index is 0.0490. The average molecular weight is 529 g/mol. The molecule has 3 aromatic carbocycles. The Labute approximate surface area is 215 Å². The zero-order valence-electron chi connectivity index (χ0n) is 18.1.